The van der Waals surface area contributed by atoms with E-state index in [1.54, 1.807) is 16.8 Å². The predicted molar refractivity (Wildman–Crippen MR) is 150 cm³/mol. The molecule has 6 nitrogen and oxygen atoms in total. The van der Waals surface area contributed by atoms with Crippen molar-refractivity contribution in [3.05, 3.63) is 99.7 Å². The number of carbonyl (C=O) groups excluding carboxylic acids is 2. The number of halogens is 2. The minimum atomic E-state index is -0.340. The number of benzene rings is 3. The minimum Gasteiger partial charge on any atom is -0.327 e. The number of aromatic nitrogens is 2. The fourth-order valence-electron chi connectivity index (χ4n) is 4.08. The van der Waals surface area contributed by atoms with Crippen molar-refractivity contribution in [2.24, 2.45) is 0 Å². The summed E-state index contributed by atoms with van der Waals surface area (Å²) < 4.78 is 1.73. The van der Waals surface area contributed by atoms with Gasteiger partial charge in [-0.25, -0.2) is 4.68 Å². The van der Waals surface area contributed by atoms with Crippen molar-refractivity contribution in [2.45, 2.75) is 33.7 Å². The molecule has 190 valence electrons. The molecule has 0 aliphatic rings. The second-order valence-electron chi connectivity index (χ2n) is 9.13. The Morgan fingerprint density at radius 1 is 0.946 bits per heavy atom. The number of rotatable bonds is 7. The number of nitrogens with one attached hydrogen (secondary N) is 1. The molecule has 0 spiro atoms. The van der Waals surface area contributed by atoms with E-state index in [2.05, 4.69) is 5.32 Å². The van der Waals surface area contributed by atoms with Crippen LogP contribution in [-0.2, 0) is 4.79 Å². The summed E-state index contributed by atoms with van der Waals surface area (Å²) >= 11 is 12.1. The van der Waals surface area contributed by atoms with Gasteiger partial charge in [0.1, 0.15) is 12.4 Å². The summed E-state index contributed by atoms with van der Waals surface area (Å²) in [7, 11) is 0. The van der Waals surface area contributed by atoms with Gasteiger partial charge in [0.05, 0.1) is 21.4 Å². The first kappa shape index (κ1) is 26.5. The zero-order chi connectivity index (χ0) is 26.7. The standard InChI is InChI=1S/C29H28Cl2N4O2/c1-18(2)34(29(37)22-12-15-24(30)25(31)16-22)17-26(36)32-28-27(21-8-6-5-7-9-21)20(4)33-35(28)23-13-10-19(3)11-14-23/h5-16,18H,17H2,1-4H3,(H,32,36). The molecule has 3 aromatic carbocycles. The largest absolute Gasteiger partial charge is 0.327 e. The molecule has 4 rings (SSSR count). The quantitative estimate of drug-likeness (QED) is 0.279. The molecule has 0 aliphatic heterocycles. The van der Waals surface area contributed by atoms with Gasteiger partial charge in [0, 0.05) is 17.2 Å². The number of amides is 2. The number of nitrogens with zero attached hydrogens (tertiary/aromatic N) is 3. The van der Waals surface area contributed by atoms with E-state index in [-0.39, 0.29) is 29.4 Å². The molecule has 0 unspecified atom stereocenters. The first-order valence-electron chi connectivity index (χ1n) is 11.9. The number of hydrogen-bond donors (Lipinski definition) is 1. The maximum absolute atomic E-state index is 13.4. The summed E-state index contributed by atoms with van der Waals surface area (Å²) in [6, 6.07) is 22.2. The number of carbonyl (C=O) groups is 2. The maximum atomic E-state index is 13.4. The highest BCUT2D eigenvalue weighted by Crippen LogP contribution is 2.33. The van der Waals surface area contributed by atoms with Crippen LogP contribution in [-0.4, -0.2) is 39.1 Å². The average Bonchev–Trinajstić information content (AvgIpc) is 3.19. The van der Waals surface area contributed by atoms with Gasteiger partial charge in [-0.15, -0.1) is 0 Å². The smallest absolute Gasteiger partial charge is 0.254 e. The number of aryl methyl sites for hydroxylation is 2. The van der Waals surface area contributed by atoms with Gasteiger partial charge in [-0.3, -0.25) is 9.59 Å². The Morgan fingerprint density at radius 2 is 1.62 bits per heavy atom. The van der Waals surface area contributed by atoms with E-state index in [9.17, 15) is 9.59 Å². The van der Waals surface area contributed by atoms with E-state index in [4.69, 9.17) is 28.3 Å². The molecular weight excluding hydrogens is 507 g/mol. The van der Waals surface area contributed by atoms with Crippen molar-refractivity contribution in [3.8, 4) is 16.8 Å². The molecule has 0 bridgehead atoms. The molecule has 0 aliphatic carbocycles. The lowest BCUT2D eigenvalue weighted by molar-refractivity contribution is -0.117. The fourth-order valence-corrected chi connectivity index (χ4v) is 4.37. The van der Waals surface area contributed by atoms with Crippen LogP contribution < -0.4 is 5.32 Å². The van der Waals surface area contributed by atoms with E-state index < -0.39 is 0 Å². The van der Waals surface area contributed by atoms with Crippen LogP contribution in [0.2, 0.25) is 10.0 Å². The topological polar surface area (TPSA) is 67.2 Å². The monoisotopic (exact) mass is 534 g/mol. The third-order valence-corrected chi connectivity index (χ3v) is 6.76. The minimum absolute atomic E-state index is 0.150. The van der Waals surface area contributed by atoms with E-state index >= 15 is 0 Å². The summed E-state index contributed by atoms with van der Waals surface area (Å²) in [6.45, 7) is 7.50. The molecule has 0 saturated heterocycles. The second-order valence-corrected chi connectivity index (χ2v) is 9.94. The zero-order valence-electron chi connectivity index (χ0n) is 21.1. The predicted octanol–water partition coefficient (Wildman–Crippen LogP) is 6.95. The van der Waals surface area contributed by atoms with Gasteiger partial charge in [-0.1, -0.05) is 71.2 Å². The van der Waals surface area contributed by atoms with Gasteiger partial charge < -0.3 is 10.2 Å². The van der Waals surface area contributed by atoms with Crippen LogP contribution in [0.1, 0.15) is 35.5 Å². The third-order valence-electron chi connectivity index (χ3n) is 6.02. The van der Waals surface area contributed by atoms with E-state index in [1.807, 2.05) is 82.3 Å². The van der Waals surface area contributed by atoms with Crippen molar-refractivity contribution in [3.63, 3.8) is 0 Å². The van der Waals surface area contributed by atoms with Gasteiger partial charge in [0.25, 0.3) is 5.91 Å². The highest BCUT2D eigenvalue weighted by atomic mass is 35.5. The van der Waals surface area contributed by atoms with E-state index in [0.29, 0.717) is 16.4 Å². The van der Waals surface area contributed by atoms with Gasteiger partial charge in [0.2, 0.25) is 5.91 Å². The summed E-state index contributed by atoms with van der Waals surface area (Å²) in [6.07, 6.45) is 0. The molecule has 4 aromatic rings. The Labute approximate surface area is 226 Å². The Kier molecular flexibility index (Phi) is 8.00. The first-order chi connectivity index (χ1) is 17.7. The molecule has 0 atom stereocenters. The SMILES string of the molecule is Cc1ccc(-n2nc(C)c(-c3ccccc3)c2NC(=O)CN(C(=O)c2ccc(Cl)c(Cl)c2)C(C)C)cc1. The van der Waals surface area contributed by atoms with Crippen molar-refractivity contribution in [1.82, 2.24) is 14.7 Å². The van der Waals surface area contributed by atoms with Crippen molar-refractivity contribution in [2.75, 3.05) is 11.9 Å². The highest BCUT2D eigenvalue weighted by Gasteiger charge is 2.25. The summed E-state index contributed by atoms with van der Waals surface area (Å²) in [5.41, 5.74) is 4.83. The van der Waals surface area contributed by atoms with Crippen molar-refractivity contribution in [1.29, 1.82) is 0 Å². The molecule has 1 aromatic heterocycles. The summed E-state index contributed by atoms with van der Waals surface area (Å²) in [5, 5.41) is 8.44. The van der Waals surface area contributed by atoms with Gasteiger partial charge >= 0.3 is 0 Å². The fraction of sp³-hybridized carbons (Fsp3) is 0.207. The summed E-state index contributed by atoms with van der Waals surface area (Å²) in [5.74, 6) is -0.106. The van der Waals surface area contributed by atoms with Crippen LogP contribution in [0.25, 0.3) is 16.8 Å². The average molecular weight is 535 g/mol. The van der Waals surface area contributed by atoms with Crippen LogP contribution in [0, 0.1) is 13.8 Å². The number of anilines is 1. The van der Waals surface area contributed by atoms with E-state index in [1.165, 1.54) is 11.0 Å². The Morgan fingerprint density at radius 3 is 2.24 bits per heavy atom. The highest BCUT2D eigenvalue weighted by molar-refractivity contribution is 6.42. The third kappa shape index (κ3) is 5.87. The molecule has 1 N–H and O–H groups in total. The molecule has 37 heavy (non-hydrogen) atoms. The Hall–Kier alpha value is -3.61. The normalized spacial score (nSPS) is 11.0. The first-order valence-corrected chi connectivity index (χ1v) is 12.7. The molecule has 8 heteroatoms. The van der Waals surface area contributed by atoms with Gasteiger partial charge in [-0.2, -0.15) is 5.10 Å². The van der Waals surface area contributed by atoms with Crippen LogP contribution >= 0.6 is 23.2 Å². The van der Waals surface area contributed by atoms with Crippen LogP contribution in [0.5, 0.6) is 0 Å². The van der Waals surface area contributed by atoms with Crippen molar-refractivity contribution < 1.29 is 9.59 Å². The molecule has 2 amide bonds. The Balaban J connectivity index is 1.68. The maximum Gasteiger partial charge on any atom is 0.254 e. The van der Waals surface area contributed by atoms with Gasteiger partial charge in [0.15, 0.2) is 0 Å². The Bertz CT molecular complexity index is 1430. The molecule has 0 saturated carbocycles. The molecular formula is C29H28Cl2N4O2. The lowest BCUT2D eigenvalue weighted by Crippen LogP contribution is -2.42. The zero-order valence-corrected chi connectivity index (χ0v) is 22.6. The molecule has 0 fully saturated rings. The second kappa shape index (κ2) is 11.2. The lowest BCUT2D eigenvalue weighted by atomic mass is 10.1. The van der Waals surface area contributed by atoms with E-state index in [0.717, 1.165) is 28.1 Å². The van der Waals surface area contributed by atoms with Crippen LogP contribution in [0.3, 0.4) is 0 Å². The van der Waals surface area contributed by atoms with Crippen molar-refractivity contribution >= 4 is 40.8 Å². The summed E-state index contributed by atoms with van der Waals surface area (Å²) in [4.78, 5) is 28.2. The number of hydrogen-bond acceptors (Lipinski definition) is 3. The molecule has 0 radical (unpaired) electrons. The lowest BCUT2D eigenvalue weighted by Gasteiger charge is -2.26. The van der Waals surface area contributed by atoms with Gasteiger partial charge in [-0.05, 0) is 63.6 Å². The molecule has 1 heterocycles. The van der Waals surface area contributed by atoms with Crippen LogP contribution in [0.15, 0.2) is 72.8 Å². The van der Waals surface area contributed by atoms with Crippen LogP contribution in [0.4, 0.5) is 5.82 Å².